The quantitative estimate of drug-likeness (QED) is 0.287. The lowest BCUT2D eigenvalue weighted by atomic mass is 9.33. The van der Waals surface area contributed by atoms with Gasteiger partial charge in [-0.05, 0) is 104 Å². The highest BCUT2D eigenvalue weighted by Gasteiger charge is 2.71. The van der Waals surface area contributed by atoms with Crippen molar-refractivity contribution < 1.29 is 9.59 Å². The summed E-state index contributed by atoms with van der Waals surface area (Å²) in [6.07, 6.45) is 11.4. The van der Waals surface area contributed by atoms with Crippen LogP contribution >= 0.6 is 11.3 Å². The summed E-state index contributed by atoms with van der Waals surface area (Å²) >= 11 is 1.49. The van der Waals surface area contributed by atoms with Crippen LogP contribution in [0, 0.1) is 68.0 Å². The van der Waals surface area contributed by atoms with Crippen LogP contribution in [0.4, 0.5) is 5.13 Å². The first-order valence-corrected chi connectivity index (χ1v) is 15.9. The van der Waals surface area contributed by atoms with E-state index in [9.17, 15) is 14.9 Å². The zero-order valence-corrected chi connectivity index (χ0v) is 25.6. The number of carbonyl (C=O) groups is 2. The van der Waals surface area contributed by atoms with Crippen molar-refractivity contribution in [2.45, 2.75) is 99.3 Å². The number of carbonyl (C=O) groups excluding carboxylic acids is 2. The fourth-order valence-corrected chi connectivity index (χ4v) is 11.7. The third-order valence-electron chi connectivity index (χ3n) is 13.1. The van der Waals surface area contributed by atoms with Crippen LogP contribution in [0.3, 0.4) is 0 Å². The Morgan fingerprint density at radius 3 is 2.54 bits per heavy atom. The molecule has 6 heteroatoms. The standard InChI is InChI=1S/C33H47N3O2S/c1-21(2)22-10-13-33(27(38)36-28-35-18-19-39-28)15-14-31(6)23(26(22)33)8-9-25-30(5,16-17-34)24(29(3,4)20-37)11-12-32(25,31)7/h18-20,22-26H,1,8-16H2,2-7H3,(H,35,36,38)/t22-,23?,24?,25?,26?,30-,31+,32+,33?/m0/s1. The van der Waals surface area contributed by atoms with Crippen LogP contribution in [0.1, 0.15) is 99.3 Å². The lowest BCUT2D eigenvalue weighted by Gasteiger charge is -2.71. The average molecular weight is 550 g/mol. The first-order chi connectivity index (χ1) is 18.3. The van der Waals surface area contributed by atoms with E-state index in [1.165, 1.54) is 16.9 Å². The van der Waals surface area contributed by atoms with Crippen molar-refractivity contribution in [3.05, 3.63) is 23.7 Å². The minimum Gasteiger partial charge on any atom is -0.303 e. The van der Waals surface area contributed by atoms with Crippen molar-refractivity contribution >= 4 is 28.7 Å². The highest BCUT2D eigenvalue weighted by Crippen LogP contribution is 2.76. The molecule has 5 rings (SSSR count). The fraction of sp³-hybridized carbons (Fsp3) is 0.758. The van der Waals surface area contributed by atoms with Gasteiger partial charge in [0.1, 0.15) is 6.29 Å². The molecule has 1 amide bonds. The van der Waals surface area contributed by atoms with Crippen molar-refractivity contribution in [2.24, 2.45) is 56.7 Å². The third-order valence-corrected chi connectivity index (χ3v) is 13.8. The van der Waals surface area contributed by atoms with Gasteiger partial charge >= 0.3 is 0 Å². The third kappa shape index (κ3) is 3.92. The summed E-state index contributed by atoms with van der Waals surface area (Å²) in [4.78, 5) is 30.7. The van der Waals surface area contributed by atoms with Gasteiger partial charge in [-0.1, -0.05) is 46.8 Å². The number of hydrogen-bond acceptors (Lipinski definition) is 5. The second-order valence-electron chi connectivity index (χ2n) is 14.9. The number of amides is 1. The van der Waals surface area contributed by atoms with Crippen LogP contribution in [-0.4, -0.2) is 17.2 Å². The van der Waals surface area contributed by atoms with Gasteiger partial charge in [-0.25, -0.2) is 4.98 Å². The molecule has 4 aliphatic carbocycles. The van der Waals surface area contributed by atoms with Gasteiger partial charge in [0.2, 0.25) is 5.91 Å². The molecule has 1 heterocycles. The number of thiazole rings is 1. The summed E-state index contributed by atoms with van der Waals surface area (Å²) < 4.78 is 0. The number of fused-ring (bicyclic) bond motifs is 5. The Kier molecular flexibility index (Phi) is 6.98. The Labute approximate surface area is 239 Å². The molecule has 5 nitrogen and oxygen atoms in total. The number of aldehydes is 1. The Morgan fingerprint density at radius 1 is 1.18 bits per heavy atom. The summed E-state index contributed by atoms with van der Waals surface area (Å²) in [6.45, 7) is 18.1. The number of nitrogens with one attached hydrogen (secondary N) is 1. The van der Waals surface area contributed by atoms with Crippen molar-refractivity contribution in [2.75, 3.05) is 5.32 Å². The molecule has 1 aromatic heterocycles. The van der Waals surface area contributed by atoms with E-state index >= 15 is 0 Å². The highest BCUT2D eigenvalue weighted by molar-refractivity contribution is 7.13. The van der Waals surface area contributed by atoms with Gasteiger partial charge in [-0.3, -0.25) is 4.79 Å². The molecule has 1 N–H and O–H groups in total. The van der Waals surface area contributed by atoms with Crippen molar-refractivity contribution in [3.63, 3.8) is 0 Å². The predicted octanol–water partition coefficient (Wildman–Crippen LogP) is 8.06. The summed E-state index contributed by atoms with van der Waals surface area (Å²) in [5.41, 5.74) is 0.298. The zero-order valence-electron chi connectivity index (χ0n) is 24.8. The smallest absolute Gasteiger partial charge is 0.232 e. The van der Waals surface area contributed by atoms with E-state index in [1.807, 2.05) is 5.38 Å². The van der Waals surface area contributed by atoms with Crippen molar-refractivity contribution in [3.8, 4) is 6.07 Å². The van der Waals surface area contributed by atoms with Crippen LogP contribution in [0.15, 0.2) is 23.7 Å². The van der Waals surface area contributed by atoms with E-state index < -0.39 is 5.41 Å². The minimum absolute atomic E-state index is 0.0527. The molecular formula is C33H47N3O2S. The summed E-state index contributed by atoms with van der Waals surface area (Å²) in [6, 6.07) is 2.55. The molecular weight excluding hydrogens is 502 g/mol. The van der Waals surface area contributed by atoms with Crippen LogP contribution in [0.5, 0.6) is 0 Å². The van der Waals surface area contributed by atoms with E-state index in [1.54, 1.807) is 6.20 Å². The molecule has 212 valence electrons. The number of nitriles is 1. The second kappa shape index (κ2) is 9.54. The molecule has 0 saturated heterocycles. The summed E-state index contributed by atoms with van der Waals surface area (Å²) in [5.74, 6) is 1.80. The van der Waals surface area contributed by atoms with Gasteiger partial charge in [-0.15, -0.1) is 11.3 Å². The molecule has 5 unspecified atom stereocenters. The van der Waals surface area contributed by atoms with Gasteiger partial charge < -0.3 is 10.1 Å². The van der Waals surface area contributed by atoms with E-state index in [4.69, 9.17) is 0 Å². The Morgan fingerprint density at radius 2 is 1.92 bits per heavy atom. The lowest BCUT2D eigenvalue weighted by molar-refractivity contribution is -0.224. The molecule has 39 heavy (non-hydrogen) atoms. The molecule has 1 aromatic rings. The summed E-state index contributed by atoms with van der Waals surface area (Å²) in [5, 5.41) is 15.9. The molecule has 0 aromatic carbocycles. The van der Waals surface area contributed by atoms with E-state index in [0.717, 1.165) is 57.7 Å². The average Bonchev–Trinajstić information content (AvgIpc) is 3.53. The number of hydrogen-bond donors (Lipinski definition) is 1. The van der Waals surface area contributed by atoms with Gasteiger partial charge in [0.25, 0.3) is 0 Å². The first-order valence-electron chi connectivity index (χ1n) is 15.0. The molecule has 4 saturated carbocycles. The second-order valence-corrected chi connectivity index (χ2v) is 15.8. The summed E-state index contributed by atoms with van der Waals surface area (Å²) in [7, 11) is 0. The maximum atomic E-state index is 14.1. The van der Waals surface area contributed by atoms with Crippen LogP contribution in [0.2, 0.25) is 0 Å². The SMILES string of the molecule is C=C(C)[C@@H]1CCC2(C(=O)Nc3nccs3)CC[C@]3(C)C(CCC4[C@@](C)(CC#N)C(C(C)(C)C=O)CC[C@]43C)C12. The number of rotatable bonds is 6. The minimum atomic E-state index is -0.448. The molecule has 0 aliphatic heterocycles. The number of aromatic nitrogens is 1. The van der Waals surface area contributed by atoms with E-state index in [2.05, 4.69) is 64.5 Å². The van der Waals surface area contributed by atoms with Gasteiger partial charge in [0, 0.05) is 23.4 Å². The lowest BCUT2D eigenvalue weighted by Crippen LogP contribution is -2.65. The molecule has 0 bridgehead atoms. The van der Waals surface area contributed by atoms with Gasteiger partial charge in [0.05, 0.1) is 11.5 Å². The number of anilines is 1. The maximum Gasteiger partial charge on any atom is 0.232 e. The van der Waals surface area contributed by atoms with E-state index in [-0.39, 0.29) is 39.4 Å². The van der Waals surface area contributed by atoms with Crippen LogP contribution in [0.25, 0.3) is 0 Å². The van der Waals surface area contributed by atoms with E-state index in [0.29, 0.717) is 29.3 Å². The number of nitrogens with zero attached hydrogens (tertiary/aromatic N) is 2. The molecule has 4 fully saturated rings. The molecule has 0 spiro atoms. The molecule has 0 radical (unpaired) electrons. The van der Waals surface area contributed by atoms with Crippen molar-refractivity contribution in [1.29, 1.82) is 5.26 Å². The fourth-order valence-electron chi connectivity index (χ4n) is 11.1. The predicted molar refractivity (Wildman–Crippen MR) is 157 cm³/mol. The van der Waals surface area contributed by atoms with Crippen LogP contribution in [-0.2, 0) is 9.59 Å². The molecule has 4 aliphatic rings. The van der Waals surface area contributed by atoms with Crippen molar-refractivity contribution in [1.82, 2.24) is 4.98 Å². The Bertz CT molecular complexity index is 1190. The number of allylic oxidation sites excluding steroid dienone is 1. The Hall–Kier alpha value is -2.00. The molecule has 9 atom stereocenters. The zero-order chi connectivity index (χ0) is 28.4. The van der Waals surface area contributed by atoms with Gasteiger partial charge in [-0.2, -0.15) is 5.26 Å². The normalized spacial score (nSPS) is 43.4. The highest BCUT2D eigenvalue weighted by atomic mass is 32.1. The largest absolute Gasteiger partial charge is 0.303 e. The monoisotopic (exact) mass is 549 g/mol. The first kappa shape index (κ1) is 28.5. The van der Waals surface area contributed by atoms with Crippen LogP contribution < -0.4 is 5.32 Å². The maximum absolute atomic E-state index is 14.1. The Balaban J connectivity index is 1.56. The topological polar surface area (TPSA) is 82.8 Å². The van der Waals surface area contributed by atoms with Gasteiger partial charge in [0.15, 0.2) is 5.13 Å².